The molecule has 0 aromatic carbocycles. The van der Waals surface area contributed by atoms with Crippen LogP contribution in [0.1, 0.15) is 53.4 Å². The lowest BCUT2D eigenvalue weighted by Gasteiger charge is -2.38. The molecule has 0 heteroatoms. The normalized spacial score (nSPS) is 31.1. The van der Waals surface area contributed by atoms with Crippen molar-refractivity contribution in [3.63, 3.8) is 0 Å². The van der Waals surface area contributed by atoms with Gasteiger partial charge in [-0.3, -0.25) is 0 Å². The summed E-state index contributed by atoms with van der Waals surface area (Å²) >= 11 is 0. The van der Waals surface area contributed by atoms with E-state index in [0.717, 1.165) is 17.8 Å². The maximum atomic E-state index is 3.90. The molecule has 1 aliphatic rings. The standard InChI is InChI=1S/C14H26/c1-6-11(2)12-7-9-13(10-8-12)14(3,4)5/h6,11-13H,1,7-10H2,2-5H3. The van der Waals surface area contributed by atoms with Crippen molar-refractivity contribution in [1.82, 2.24) is 0 Å². The summed E-state index contributed by atoms with van der Waals surface area (Å²) in [7, 11) is 0. The van der Waals surface area contributed by atoms with Crippen molar-refractivity contribution in [1.29, 1.82) is 0 Å². The summed E-state index contributed by atoms with van der Waals surface area (Å²) in [4.78, 5) is 0. The zero-order valence-corrected chi connectivity index (χ0v) is 10.3. The summed E-state index contributed by atoms with van der Waals surface area (Å²) in [6, 6.07) is 0. The Labute approximate surface area is 89.8 Å². The third kappa shape index (κ3) is 2.87. The van der Waals surface area contributed by atoms with Gasteiger partial charge in [0.25, 0.3) is 0 Å². The lowest BCUT2D eigenvalue weighted by atomic mass is 9.68. The third-order valence-corrected chi connectivity index (χ3v) is 4.11. The number of hydrogen-bond acceptors (Lipinski definition) is 0. The van der Waals surface area contributed by atoms with Crippen LogP contribution in [0, 0.1) is 23.2 Å². The molecule has 82 valence electrons. The van der Waals surface area contributed by atoms with Gasteiger partial charge >= 0.3 is 0 Å². The van der Waals surface area contributed by atoms with Gasteiger partial charge in [0, 0.05) is 0 Å². The third-order valence-electron chi connectivity index (χ3n) is 4.11. The van der Waals surface area contributed by atoms with Crippen molar-refractivity contribution in [2.24, 2.45) is 23.2 Å². The van der Waals surface area contributed by atoms with Gasteiger partial charge in [-0.15, -0.1) is 6.58 Å². The molecule has 0 heterocycles. The molecule has 1 unspecified atom stereocenters. The van der Waals surface area contributed by atoms with Gasteiger partial charge in [0.15, 0.2) is 0 Å². The number of hydrogen-bond donors (Lipinski definition) is 0. The second-order valence-corrected chi connectivity index (χ2v) is 6.07. The molecule has 0 amide bonds. The first-order chi connectivity index (χ1) is 6.45. The summed E-state index contributed by atoms with van der Waals surface area (Å²) < 4.78 is 0. The van der Waals surface area contributed by atoms with Crippen molar-refractivity contribution in [3.8, 4) is 0 Å². The average Bonchev–Trinajstić information content (AvgIpc) is 2.15. The summed E-state index contributed by atoms with van der Waals surface area (Å²) in [5.74, 6) is 2.57. The minimum absolute atomic E-state index is 0.516. The smallest absolute Gasteiger partial charge is 0.0236 e. The molecule has 1 rings (SSSR count). The van der Waals surface area contributed by atoms with Crippen LogP contribution in [0.15, 0.2) is 12.7 Å². The Hall–Kier alpha value is -0.260. The molecule has 0 nitrogen and oxygen atoms in total. The molecule has 0 spiro atoms. The predicted octanol–water partition coefficient (Wildman–Crippen LogP) is 4.66. The van der Waals surface area contributed by atoms with Crippen LogP contribution >= 0.6 is 0 Å². The molecular weight excluding hydrogens is 168 g/mol. The quantitative estimate of drug-likeness (QED) is 0.561. The molecule has 0 N–H and O–H groups in total. The monoisotopic (exact) mass is 194 g/mol. The summed E-state index contributed by atoms with van der Waals surface area (Å²) in [6.45, 7) is 13.4. The number of rotatable bonds is 2. The molecular formula is C14H26. The SMILES string of the molecule is C=CC(C)C1CCC(C(C)(C)C)CC1. The lowest BCUT2D eigenvalue weighted by Crippen LogP contribution is -2.27. The van der Waals surface area contributed by atoms with Crippen LogP contribution in [0.5, 0.6) is 0 Å². The van der Waals surface area contributed by atoms with Crippen LogP contribution in [0.3, 0.4) is 0 Å². The highest BCUT2D eigenvalue weighted by atomic mass is 14.4. The molecule has 14 heavy (non-hydrogen) atoms. The van der Waals surface area contributed by atoms with E-state index in [4.69, 9.17) is 0 Å². The summed E-state index contributed by atoms with van der Waals surface area (Å²) in [6.07, 6.45) is 7.80. The van der Waals surface area contributed by atoms with Crippen molar-refractivity contribution >= 4 is 0 Å². The first kappa shape index (κ1) is 11.8. The van der Waals surface area contributed by atoms with Crippen molar-refractivity contribution in [2.45, 2.75) is 53.4 Å². The Morgan fingerprint density at radius 3 is 2.00 bits per heavy atom. The fourth-order valence-electron chi connectivity index (χ4n) is 2.70. The van der Waals surface area contributed by atoms with E-state index in [2.05, 4.69) is 40.3 Å². The zero-order valence-electron chi connectivity index (χ0n) is 10.3. The maximum Gasteiger partial charge on any atom is -0.0236 e. The molecule has 1 fully saturated rings. The topological polar surface area (TPSA) is 0 Å². The lowest BCUT2D eigenvalue weighted by molar-refractivity contribution is 0.137. The van der Waals surface area contributed by atoms with Crippen molar-refractivity contribution in [2.75, 3.05) is 0 Å². The molecule has 1 atom stereocenters. The Bertz CT molecular complexity index is 177. The van der Waals surface area contributed by atoms with Gasteiger partial charge in [-0.1, -0.05) is 33.8 Å². The largest absolute Gasteiger partial charge is 0.103 e. The molecule has 1 saturated carbocycles. The minimum Gasteiger partial charge on any atom is -0.103 e. The van der Waals surface area contributed by atoms with Crippen LogP contribution in [-0.2, 0) is 0 Å². The van der Waals surface area contributed by atoms with E-state index in [1.54, 1.807) is 0 Å². The van der Waals surface area contributed by atoms with Crippen LogP contribution < -0.4 is 0 Å². The Kier molecular flexibility index (Phi) is 3.80. The first-order valence-corrected chi connectivity index (χ1v) is 6.07. The molecule has 0 aromatic heterocycles. The van der Waals surface area contributed by atoms with Gasteiger partial charge in [0.05, 0.1) is 0 Å². The van der Waals surface area contributed by atoms with E-state index in [9.17, 15) is 0 Å². The Morgan fingerprint density at radius 1 is 1.14 bits per heavy atom. The van der Waals surface area contributed by atoms with E-state index in [1.807, 2.05) is 0 Å². The Balaban J connectivity index is 2.42. The van der Waals surface area contributed by atoms with Crippen LogP contribution in [0.4, 0.5) is 0 Å². The van der Waals surface area contributed by atoms with Crippen molar-refractivity contribution in [3.05, 3.63) is 12.7 Å². The van der Waals surface area contributed by atoms with Gasteiger partial charge in [-0.25, -0.2) is 0 Å². The summed E-state index contributed by atoms with van der Waals surface area (Å²) in [5, 5.41) is 0. The molecule has 0 saturated heterocycles. The second kappa shape index (κ2) is 4.51. The van der Waals surface area contributed by atoms with E-state index in [-0.39, 0.29) is 0 Å². The van der Waals surface area contributed by atoms with E-state index < -0.39 is 0 Å². The van der Waals surface area contributed by atoms with Gasteiger partial charge in [0.1, 0.15) is 0 Å². The molecule has 0 aliphatic heterocycles. The maximum absolute atomic E-state index is 3.90. The highest BCUT2D eigenvalue weighted by Gasteiger charge is 2.30. The molecule has 0 bridgehead atoms. The molecule has 0 radical (unpaired) electrons. The van der Waals surface area contributed by atoms with E-state index >= 15 is 0 Å². The van der Waals surface area contributed by atoms with Crippen LogP contribution in [-0.4, -0.2) is 0 Å². The van der Waals surface area contributed by atoms with E-state index in [1.165, 1.54) is 25.7 Å². The van der Waals surface area contributed by atoms with E-state index in [0.29, 0.717) is 5.41 Å². The van der Waals surface area contributed by atoms with Gasteiger partial charge < -0.3 is 0 Å². The fourth-order valence-corrected chi connectivity index (χ4v) is 2.70. The minimum atomic E-state index is 0.516. The molecule has 0 aromatic rings. The van der Waals surface area contributed by atoms with Gasteiger partial charge in [-0.05, 0) is 48.9 Å². The van der Waals surface area contributed by atoms with Gasteiger partial charge in [0.2, 0.25) is 0 Å². The summed E-state index contributed by atoms with van der Waals surface area (Å²) in [5.41, 5.74) is 0.516. The number of allylic oxidation sites excluding steroid dienone is 1. The average molecular weight is 194 g/mol. The molecule has 1 aliphatic carbocycles. The van der Waals surface area contributed by atoms with Gasteiger partial charge in [-0.2, -0.15) is 0 Å². The highest BCUT2D eigenvalue weighted by molar-refractivity contribution is 4.87. The Morgan fingerprint density at radius 2 is 1.64 bits per heavy atom. The predicted molar refractivity (Wildman–Crippen MR) is 64.3 cm³/mol. The van der Waals surface area contributed by atoms with Crippen LogP contribution in [0.25, 0.3) is 0 Å². The first-order valence-electron chi connectivity index (χ1n) is 6.07. The zero-order chi connectivity index (χ0) is 10.8. The highest BCUT2D eigenvalue weighted by Crippen LogP contribution is 2.41. The van der Waals surface area contributed by atoms with Crippen LogP contribution in [0.2, 0.25) is 0 Å². The second-order valence-electron chi connectivity index (χ2n) is 6.07. The van der Waals surface area contributed by atoms with Crippen molar-refractivity contribution < 1.29 is 0 Å². The fraction of sp³-hybridized carbons (Fsp3) is 0.857.